The van der Waals surface area contributed by atoms with Crippen LogP contribution < -0.4 is 0 Å². The molecular weight excluding hydrogens is 280 g/mol. The highest BCUT2D eigenvalue weighted by molar-refractivity contribution is 7.92. The molecule has 0 spiro atoms. The molecule has 0 aliphatic heterocycles. The van der Waals surface area contributed by atoms with Crippen molar-refractivity contribution in [1.29, 1.82) is 0 Å². The first kappa shape index (κ1) is 14.7. The van der Waals surface area contributed by atoms with E-state index in [9.17, 15) is 13.2 Å². The van der Waals surface area contributed by atoms with Gasteiger partial charge in [0.1, 0.15) is 5.75 Å². The van der Waals surface area contributed by atoms with Crippen LogP contribution in [-0.2, 0) is 16.3 Å². The molecule has 0 amide bonds. The third kappa shape index (κ3) is 3.66. The summed E-state index contributed by atoms with van der Waals surface area (Å²) < 4.78 is 24.5. The van der Waals surface area contributed by atoms with E-state index in [1.54, 1.807) is 6.07 Å². The minimum atomic E-state index is -3.27. The maximum absolute atomic E-state index is 12.2. The van der Waals surface area contributed by atoms with Gasteiger partial charge in [-0.05, 0) is 31.4 Å². The molecule has 5 heteroatoms. The van der Waals surface area contributed by atoms with Crippen molar-refractivity contribution in [2.24, 2.45) is 0 Å². The number of sulfone groups is 1. The number of carbonyl (C=O) groups excluding carboxylic acids is 1. The van der Waals surface area contributed by atoms with Gasteiger partial charge in [-0.2, -0.15) is 0 Å². The molecule has 1 saturated carbocycles. The third-order valence-corrected chi connectivity index (χ3v) is 7.10. The zero-order valence-electron chi connectivity index (χ0n) is 11.2. The Kier molecular flexibility index (Phi) is 4.79. The first-order valence-corrected chi connectivity index (χ1v) is 9.39. The predicted octanol–water partition coefficient (Wildman–Crippen LogP) is 3.24. The van der Waals surface area contributed by atoms with Gasteiger partial charge < -0.3 is 0 Å². The van der Waals surface area contributed by atoms with Crippen molar-refractivity contribution in [3.8, 4) is 0 Å². The Bertz CT molecular complexity index is 537. The number of Topliss-reactive ketones (excluding diaryl/α,β-unsaturated/α-hetero) is 1. The molecule has 19 heavy (non-hydrogen) atoms. The number of hydrogen-bond donors (Lipinski definition) is 0. The fourth-order valence-electron chi connectivity index (χ4n) is 2.51. The van der Waals surface area contributed by atoms with Crippen molar-refractivity contribution in [2.45, 2.75) is 50.7 Å². The lowest BCUT2D eigenvalue weighted by Crippen LogP contribution is -2.29. The van der Waals surface area contributed by atoms with E-state index in [4.69, 9.17) is 0 Å². The summed E-state index contributed by atoms with van der Waals surface area (Å²) in [5, 5.41) is -0.296. The largest absolute Gasteiger partial charge is 0.292 e. The first-order chi connectivity index (χ1) is 9.03. The molecule has 0 bridgehead atoms. The number of carbonyl (C=O) groups is 1. The molecule has 3 nitrogen and oxygen atoms in total. The molecule has 2 rings (SSSR count). The number of thiophene rings is 1. The Hall–Kier alpha value is -0.680. The van der Waals surface area contributed by atoms with Crippen molar-refractivity contribution in [3.05, 3.63) is 21.9 Å². The Morgan fingerprint density at radius 2 is 1.95 bits per heavy atom. The fraction of sp³-hybridized carbons (Fsp3) is 0.643. The molecule has 1 heterocycles. The summed E-state index contributed by atoms with van der Waals surface area (Å²) in [4.78, 5) is 13.8. The van der Waals surface area contributed by atoms with Gasteiger partial charge in [-0.15, -0.1) is 11.3 Å². The lowest BCUT2D eigenvalue weighted by molar-refractivity contribution is 0.102. The topological polar surface area (TPSA) is 51.2 Å². The van der Waals surface area contributed by atoms with Crippen LogP contribution in [0.15, 0.2) is 12.1 Å². The fourth-order valence-corrected chi connectivity index (χ4v) is 5.30. The molecular formula is C14H20O3S2. The average Bonchev–Trinajstić information content (AvgIpc) is 2.88. The van der Waals surface area contributed by atoms with Gasteiger partial charge in [0.25, 0.3) is 0 Å². The molecule has 0 unspecified atom stereocenters. The summed E-state index contributed by atoms with van der Waals surface area (Å²) in [7, 11) is -3.27. The molecule has 1 aromatic rings. The van der Waals surface area contributed by atoms with E-state index in [2.05, 4.69) is 0 Å². The van der Waals surface area contributed by atoms with Crippen molar-refractivity contribution in [3.63, 3.8) is 0 Å². The van der Waals surface area contributed by atoms with Gasteiger partial charge >= 0.3 is 0 Å². The maximum Gasteiger partial charge on any atom is 0.187 e. The van der Waals surface area contributed by atoms with Gasteiger partial charge in [0.2, 0.25) is 0 Å². The molecule has 1 aromatic heterocycles. The van der Waals surface area contributed by atoms with Crippen LogP contribution in [0, 0.1) is 0 Å². The molecule has 0 aromatic carbocycles. The van der Waals surface area contributed by atoms with Crippen molar-refractivity contribution in [2.75, 3.05) is 5.75 Å². The normalized spacial score (nSPS) is 17.5. The van der Waals surface area contributed by atoms with E-state index in [0.717, 1.165) is 43.4 Å². The quantitative estimate of drug-likeness (QED) is 0.784. The minimum absolute atomic E-state index is 0.240. The van der Waals surface area contributed by atoms with E-state index < -0.39 is 9.84 Å². The van der Waals surface area contributed by atoms with Crippen molar-refractivity contribution in [1.82, 2.24) is 0 Å². The molecule has 0 saturated heterocycles. The summed E-state index contributed by atoms with van der Waals surface area (Å²) in [6.45, 7) is 2.03. The number of aryl methyl sites for hydroxylation is 1. The maximum atomic E-state index is 12.2. The number of rotatable bonds is 5. The molecule has 0 N–H and O–H groups in total. The van der Waals surface area contributed by atoms with Gasteiger partial charge in [-0.25, -0.2) is 8.42 Å². The van der Waals surface area contributed by atoms with Crippen LogP contribution in [-0.4, -0.2) is 25.2 Å². The smallest absolute Gasteiger partial charge is 0.187 e. The predicted molar refractivity (Wildman–Crippen MR) is 78.7 cm³/mol. The van der Waals surface area contributed by atoms with Crippen molar-refractivity contribution < 1.29 is 13.2 Å². The minimum Gasteiger partial charge on any atom is -0.292 e. The molecule has 1 aliphatic carbocycles. The Labute approximate surface area is 119 Å². The Morgan fingerprint density at radius 1 is 1.26 bits per heavy atom. The highest BCUT2D eigenvalue weighted by atomic mass is 32.2. The summed E-state index contributed by atoms with van der Waals surface area (Å²) in [6.07, 6.45) is 5.38. The zero-order chi connectivity index (χ0) is 13.9. The Morgan fingerprint density at radius 3 is 2.53 bits per heavy atom. The third-order valence-electron chi connectivity index (χ3n) is 3.68. The zero-order valence-corrected chi connectivity index (χ0v) is 12.9. The summed E-state index contributed by atoms with van der Waals surface area (Å²) in [5.41, 5.74) is 0. The first-order valence-electron chi connectivity index (χ1n) is 6.86. The van der Waals surface area contributed by atoms with Crippen LogP contribution in [0.3, 0.4) is 0 Å². The van der Waals surface area contributed by atoms with E-state index in [-0.39, 0.29) is 16.8 Å². The molecule has 0 atom stereocenters. The number of ketones is 1. The molecule has 0 radical (unpaired) electrons. The average molecular weight is 300 g/mol. The van der Waals surface area contributed by atoms with Crippen LogP contribution in [0.2, 0.25) is 0 Å². The highest BCUT2D eigenvalue weighted by Crippen LogP contribution is 2.25. The van der Waals surface area contributed by atoms with Gasteiger partial charge in [-0.3, -0.25) is 4.79 Å². The monoisotopic (exact) mass is 300 g/mol. The molecule has 1 fully saturated rings. The standard InChI is InChI=1S/C14H20O3S2/c1-2-11-8-9-14(18-11)13(15)10-19(16,17)12-6-4-3-5-7-12/h8-9,12H,2-7,10H2,1H3. The lowest BCUT2D eigenvalue weighted by atomic mass is 10.0. The van der Waals surface area contributed by atoms with Crippen LogP contribution in [0.1, 0.15) is 53.6 Å². The van der Waals surface area contributed by atoms with Crippen molar-refractivity contribution >= 4 is 27.0 Å². The van der Waals surface area contributed by atoms with E-state index in [0.29, 0.717) is 4.88 Å². The highest BCUT2D eigenvalue weighted by Gasteiger charge is 2.29. The van der Waals surface area contributed by atoms with Crippen LogP contribution in [0.5, 0.6) is 0 Å². The Balaban J connectivity index is 2.04. The molecule has 106 valence electrons. The summed E-state index contributed by atoms with van der Waals surface area (Å²) >= 11 is 1.41. The second kappa shape index (κ2) is 6.18. The number of hydrogen-bond acceptors (Lipinski definition) is 4. The van der Waals surface area contributed by atoms with Gasteiger partial charge in [0.05, 0.1) is 10.1 Å². The van der Waals surface area contributed by atoms with Gasteiger partial charge in [0.15, 0.2) is 15.6 Å². The lowest BCUT2D eigenvalue weighted by Gasteiger charge is -2.21. The van der Waals surface area contributed by atoms with Crippen LogP contribution >= 0.6 is 11.3 Å². The van der Waals surface area contributed by atoms with Crippen LogP contribution in [0.4, 0.5) is 0 Å². The SMILES string of the molecule is CCc1ccc(C(=O)CS(=O)(=O)C2CCCCC2)s1. The molecule has 1 aliphatic rings. The summed E-state index contributed by atoms with van der Waals surface area (Å²) in [6, 6.07) is 3.66. The summed E-state index contributed by atoms with van der Waals surface area (Å²) in [5.74, 6) is -0.559. The van der Waals surface area contributed by atoms with E-state index >= 15 is 0 Å². The van der Waals surface area contributed by atoms with E-state index in [1.165, 1.54) is 11.3 Å². The van der Waals surface area contributed by atoms with Gasteiger partial charge in [-0.1, -0.05) is 26.2 Å². The second-order valence-corrected chi connectivity index (χ2v) is 8.56. The second-order valence-electron chi connectivity index (χ2n) is 5.11. The van der Waals surface area contributed by atoms with Gasteiger partial charge in [0, 0.05) is 4.88 Å². The van der Waals surface area contributed by atoms with E-state index in [1.807, 2.05) is 13.0 Å². The van der Waals surface area contributed by atoms with Crippen LogP contribution in [0.25, 0.3) is 0 Å².